The van der Waals surface area contributed by atoms with Gasteiger partial charge in [-0.1, -0.05) is 38.5 Å². The molecule has 9 heteroatoms. The van der Waals surface area contributed by atoms with Gasteiger partial charge >= 0.3 is 6.18 Å². The van der Waals surface area contributed by atoms with E-state index in [2.05, 4.69) is 23.6 Å². The van der Waals surface area contributed by atoms with Crippen LogP contribution in [0.1, 0.15) is 50.8 Å². The largest absolute Gasteiger partial charge is 0.416 e. The Bertz CT molecular complexity index is 1060. The van der Waals surface area contributed by atoms with Crippen molar-refractivity contribution < 1.29 is 26.7 Å². The van der Waals surface area contributed by atoms with Crippen LogP contribution in [-0.4, -0.2) is 50.9 Å². The van der Waals surface area contributed by atoms with E-state index in [9.17, 15) is 26.7 Å². The van der Waals surface area contributed by atoms with Crippen LogP contribution in [0.3, 0.4) is 0 Å². The van der Waals surface area contributed by atoms with Crippen molar-refractivity contribution in [2.45, 2.75) is 57.3 Å². The highest BCUT2D eigenvalue weighted by atomic mass is 32.2. The summed E-state index contributed by atoms with van der Waals surface area (Å²) in [4.78, 5) is 4.50. The van der Waals surface area contributed by atoms with E-state index in [1.54, 1.807) is 18.2 Å². The smallest absolute Gasteiger partial charge is 0.386 e. The Kier molecular flexibility index (Phi) is 9.18. The molecule has 0 amide bonds. The van der Waals surface area contributed by atoms with Gasteiger partial charge in [-0.15, -0.1) is 0 Å². The van der Waals surface area contributed by atoms with Gasteiger partial charge in [0.2, 0.25) is 0 Å². The lowest BCUT2D eigenvalue weighted by molar-refractivity contribution is -0.140. The van der Waals surface area contributed by atoms with Crippen molar-refractivity contribution >= 4 is 15.5 Å². The van der Waals surface area contributed by atoms with Crippen molar-refractivity contribution in [3.8, 4) is 0 Å². The van der Waals surface area contributed by atoms with E-state index in [4.69, 9.17) is 0 Å². The molecule has 0 spiro atoms. The van der Waals surface area contributed by atoms with Gasteiger partial charge in [-0.3, -0.25) is 4.90 Å². The predicted octanol–water partition coefficient (Wildman–Crippen LogP) is 5.07. The van der Waals surface area contributed by atoms with Crippen LogP contribution in [0.25, 0.3) is 0 Å². The Morgan fingerprint density at radius 3 is 2.03 bits per heavy atom. The summed E-state index contributed by atoms with van der Waals surface area (Å²) in [7, 11) is -3.28. The fourth-order valence-electron chi connectivity index (χ4n) is 3.78. The summed E-state index contributed by atoms with van der Waals surface area (Å²) >= 11 is 0. The molecule has 1 aliphatic rings. The lowest BCUT2D eigenvalue weighted by Gasteiger charge is -2.36. The average Bonchev–Trinajstić information content (AvgIpc) is 2.73. The van der Waals surface area contributed by atoms with Gasteiger partial charge in [0, 0.05) is 44.7 Å². The number of hydrogen-bond acceptors (Lipinski definition) is 5. The lowest BCUT2D eigenvalue weighted by atomic mass is 9.91. The van der Waals surface area contributed by atoms with Gasteiger partial charge < -0.3 is 10.0 Å². The molecule has 2 aromatic carbocycles. The number of halogens is 3. The van der Waals surface area contributed by atoms with Crippen LogP contribution in [-0.2, 0) is 28.2 Å². The molecule has 190 valence electrons. The Balaban J connectivity index is 0.00000129. The van der Waals surface area contributed by atoms with E-state index >= 15 is 0 Å². The molecule has 34 heavy (non-hydrogen) atoms. The molecule has 0 unspecified atom stereocenters. The van der Waals surface area contributed by atoms with Gasteiger partial charge in [0.15, 0.2) is 9.84 Å². The number of rotatable bonds is 5. The zero-order chi connectivity index (χ0) is 25.7. The fourth-order valence-corrected chi connectivity index (χ4v) is 4.44. The summed E-state index contributed by atoms with van der Waals surface area (Å²) in [6.45, 7) is 10.1. The van der Waals surface area contributed by atoms with Crippen LogP contribution in [0.5, 0.6) is 0 Å². The summed E-state index contributed by atoms with van der Waals surface area (Å²) < 4.78 is 63.5. The van der Waals surface area contributed by atoms with Gasteiger partial charge in [0.1, 0.15) is 0 Å². The molecule has 2 aromatic rings. The average molecular weight is 501 g/mol. The summed E-state index contributed by atoms with van der Waals surface area (Å²) in [5.74, 6) is 0. The molecule has 0 atom stereocenters. The van der Waals surface area contributed by atoms with Crippen molar-refractivity contribution in [3.05, 3.63) is 59.2 Å². The first-order valence-corrected chi connectivity index (χ1v) is 13.3. The number of sulfone groups is 1. The molecule has 0 bridgehead atoms. The van der Waals surface area contributed by atoms with E-state index in [1.165, 1.54) is 38.7 Å². The number of hydrogen-bond donors (Lipinski definition) is 1. The molecule has 1 fully saturated rings. The van der Waals surface area contributed by atoms with Crippen molar-refractivity contribution in [1.29, 1.82) is 0 Å². The maximum Gasteiger partial charge on any atom is 0.416 e. The molecular formula is C25H35F3N2O3S. The standard InChI is InChI=1S/C22H27F3N2O3S.C3H8/c1-21(2,28)20-13-16(7-8-19(20)22(23,24)25)15-26-9-11-27(12-10-26)17-5-4-6-18(14-17)31(3,29)30;1-3-2/h4-8,13-14,28H,9-12,15H2,1-3H3;3H2,1-2H3. The topological polar surface area (TPSA) is 60.9 Å². The summed E-state index contributed by atoms with van der Waals surface area (Å²) in [5, 5.41) is 10.2. The minimum atomic E-state index is -4.53. The molecule has 1 aliphatic heterocycles. The summed E-state index contributed by atoms with van der Waals surface area (Å²) in [5.41, 5.74) is -1.02. The van der Waals surface area contributed by atoms with Crippen LogP contribution < -0.4 is 4.90 Å². The van der Waals surface area contributed by atoms with E-state index in [0.717, 1.165) is 11.8 Å². The van der Waals surface area contributed by atoms with E-state index < -0.39 is 27.2 Å². The van der Waals surface area contributed by atoms with E-state index in [-0.39, 0.29) is 10.5 Å². The van der Waals surface area contributed by atoms with E-state index in [1.807, 2.05) is 6.07 Å². The molecule has 0 saturated carbocycles. The third-order valence-corrected chi connectivity index (χ3v) is 6.55. The zero-order valence-corrected chi connectivity index (χ0v) is 21.3. The van der Waals surface area contributed by atoms with Crippen LogP contribution >= 0.6 is 0 Å². The van der Waals surface area contributed by atoms with Crippen LogP contribution in [0.4, 0.5) is 18.9 Å². The molecule has 1 saturated heterocycles. The van der Waals surface area contributed by atoms with Gasteiger partial charge in [0.25, 0.3) is 0 Å². The quantitative estimate of drug-likeness (QED) is 0.621. The maximum absolute atomic E-state index is 13.3. The van der Waals surface area contributed by atoms with Gasteiger partial charge in [-0.2, -0.15) is 13.2 Å². The van der Waals surface area contributed by atoms with Gasteiger partial charge in [0.05, 0.1) is 16.1 Å². The minimum Gasteiger partial charge on any atom is -0.386 e. The Labute approximate surface area is 201 Å². The highest BCUT2D eigenvalue weighted by molar-refractivity contribution is 7.90. The fraction of sp³-hybridized carbons (Fsp3) is 0.520. The van der Waals surface area contributed by atoms with Crippen molar-refractivity contribution in [3.63, 3.8) is 0 Å². The van der Waals surface area contributed by atoms with Crippen LogP contribution in [0.15, 0.2) is 47.4 Å². The molecule has 1 N–H and O–H groups in total. The second-order valence-electron chi connectivity index (χ2n) is 9.18. The second-order valence-corrected chi connectivity index (χ2v) is 11.2. The van der Waals surface area contributed by atoms with Gasteiger partial charge in [-0.25, -0.2) is 8.42 Å². The highest BCUT2D eigenvalue weighted by Crippen LogP contribution is 2.37. The third-order valence-electron chi connectivity index (χ3n) is 5.44. The molecule has 1 heterocycles. The molecule has 0 aliphatic carbocycles. The second kappa shape index (κ2) is 11.1. The van der Waals surface area contributed by atoms with Crippen molar-refractivity contribution in [2.75, 3.05) is 37.3 Å². The number of benzene rings is 2. The Morgan fingerprint density at radius 2 is 1.53 bits per heavy atom. The molecule has 0 radical (unpaired) electrons. The molecule has 3 rings (SSSR count). The number of nitrogens with zero attached hydrogens (tertiary/aromatic N) is 2. The van der Waals surface area contributed by atoms with Gasteiger partial charge in [-0.05, 0) is 49.2 Å². The Morgan fingerprint density at radius 1 is 0.941 bits per heavy atom. The molecule has 0 aromatic heterocycles. The normalized spacial score (nSPS) is 15.6. The number of alkyl halides is 3. The van der Waals surface area contributed by atoms with Crippen LogP contribution in [0, 0.1) is 0 Å². The molecular weight excluding hydrogens is 465 g/mol. The molecule has 5 nitrogen and oxygen atoms in total. The lowest BCUT2D eigenvalue weighted by Crippen LogP contribution is -2.46. The monoisotopic (exact) mass is 500 g/mol. The van der Waals surface area contributed by atoms with Crippen molar-refractivity contribution in [2.24, 2.45) is 0 Å². The first kappa shape index (κ1) is 28.1. The highest BCUT2D eigenvalue weighted by Gasteiger charge is 2.37. The first-order valence-electron chi connectivity index (χ1n) is 11.4. The van der Waals surface area contributed by atoms with Crippen molar-refractivity contribution in [1.82, 2.24) is 4.90 Å². The third kappa shape index (κ3) is 7.71. The minimum absolute atomic E-state index is 0.131. The maximum atomic E-state index is 13.3. The number of anilines is 1. The Hall–Kier alpha value is -2.10. The van der Waals surface area contributed by atoms with Crippen LogP contribution in [0.2, 0.25) is 0 Å². The number of aliphatic hydroxyl groups is 1. The number of piperazine rings is 1. The zero-order valence-electron chi connectivity index (χ0n) is 20.5. The first-order chi connectivity index (χ1) is 15.7. The predicted molar refractivity (Wildman–Crippen MR) is 130 cm³/mol. The summed E-state index contributed by atoms with van der Waals surface area (Å²) in [6.07, 6.45) is -2.10. The SMILES string of the molecule is CC(C)(O)c1cc(CN2CCN(c3cccc(S(C)(=O)=O)c3)CC2)ccc1C(F)(F)F.CCC. The van der Waals surface area contributed by atoms with E-state index in [0.29, 0.717) is 38.3 Å². The summed E-state index contributed by atoms with van der Waals surface area (Å²) in [6, 6.07) is 10.8.